The van der Waals surface area contributed by atoms with E-state index in [4.69, 9.17) is 10.5 Å². The number of fused-ring (bicyclic) bond motifs is 1. The Balaban J connectivity index is 1.63. The van der Waals surface area contributed by atoms with Gasteiger partial charge >= 0.3 is 11.9 Å². The molecule has 40 heavy (non-hydrogen) atoms. The van der Waals surface area contributed by atoms with E-state index < -0.39 is 46.5 Å². The molecule has 0 saturated heterocycles. The van der Waals surface area contributed by atoms with Crippen molar-refractivity contribution in [3.8, 4) is 28.7 Å². The number of ether oxygens (including phenoxy) is 1. The second-order valence-corrected chi connectivity index (χ2v) is 8.99. The molecule has 4 aromatic heterocycles. The number of aryl methyl sites for hydroxylation is 1. The number of nitrogens with zero attached hydrogens (tertiary/aromatic N) is 6. The van der Waals surface area contributed by atoms with E-state index in [9.17, 15) is 22.8 Å². The van der Waals surface area contributed by atoms with E-state index >= 15 is 4.39 Å². The van der Waals surface area contributed by atoms with Gasteiger partial charge in [-0.1, -0.05) is 0 Å². The highest BCUT2D eigenvalue weighted by molar-refractivity contribution is 6.00. The molecule has 0 fully saturated rings. The summed E-state index contributed by atoms with van der Waals surface area (Å²) in [6, 6.07) is 5.86. The largest absolute Gasteiger partial charge is 0.452 e. The van der Waals surface area contributed by atoms with Gasteiger partial charge < -0.3 is 10.5 Å². The molecule has 1 aromatic carbocycles. The molecule has 3 N–H and O–H groups in total. The third-order valence-electron chi connectivity index (χ3n) is 5.89. The molecule has 5 aromatic rings. The van der Waals surface area contributed by atoms with Crippen molar-refractivity contribution in [3.63, 3.8) is 0 Å². The van der Waals surface area contributed by atoms with Crippen LogP contribution < -0.4 is 16.2 Å². The predicted molar refractivity (Wildman–Crippen MR) is 134 cm³/mol. The lowest BCUT2D eigenvalue weighted by atomic mass is 10.0. The molecule has 5 rings (SSSR count). The molecule has 11 nitrogen and oxygen atoms in total. The molecular weight excluding hydrogens is 536 g/mol. The molecule has 1 amide bonds. The number of amides is 1. The van der Waals surface area contributed by atoms with E-state index in [1.54, 1.807) is 13.8 Å². The van der Waals surface area contributed by atoms with E-state index in [-0.39, 0.29) is 28.8 Å². The molecular formula is C25H20F4N8O3. The number of hydrogen-bond donors (Lipinski definition) is 2. The van der Waals surface area contributed by atoms with Crippen molar-refractivity contribution in [1.82, 2.24) is 34.3 Å². The van der Waals surface area contributed by atoms with Crippen LogP contribution >= 0.6 is 0 Å². The Morgan fingerprint density at radius 3 is 2.45 bits per heavy atom. The smallest absolute Gasteiger partial charge is 0.434 e. The molecule has 0 aliphatic heterocycles. The standard InChI is InChI=1S/C25H20F4N8O3/c1-11(2)36-19-16(7-9-31-22(19)34-24(36)39)40-15-5-4-13(10-14(15)26)18-17(21(30)38)20(25(27,28)29)37(35-18)23-32-8-6-12(3)33-23/h4-11H,1-3H3,(H2,30,38)(H,31,34,39). The van der Waals surface area contributed by atoms with Gasteiger partial charge in [0.15, 0.2) is 28.7 Å². The highest BCUT2D eigenvalue weighted by Crippen LogP contribution is 2.39. The summed E-state index contributed by atoms with van der Waals surface area (Å²) in [6.07, 6.45) is -2.49. The number of carbonyl (C=O) groups is 1. The maximum Gasteiger partial charge on any atom is 0.434 e. The van der Waals surface area contributed by atoms with Crippen LogP contribution in [-0.4, -0.2) is 40.2 Å². The van der Waals surface area contributed by atoms with Gasteiger partial charge in [-0.25, -0.2) is 24.1 Å². The summed E-state index contributed by atoms with van der Waals surface area (Å²) in [5.41, 5.74) is 2.60. The molecule has 0 aliphatic carbocycles. The maximum atomic E-state index is 15.3. The van der Waals surface area contributed by atoms with Gasteiger partial charge in [0.2, 0.25) is 0 Å². The number of aromatic amines is 1. The number of nitrogens with one attached hydrogen (secondary N) is 1. The van der Waals surface area contributed by atoms with Crippen molar-refractivity contribution in [2.24, 2.45) is 5.73 Å². The third-order valence-corrected chi connectivity index (χ3v) is 5.89. The number of hydrogen-bond acceptors (Lipinski definition) is 7. The summed E-state index contributed by atoms with van der Waals surface area (Å²) < 4.78 is 65.2. The number of nitrogens with two attached hydrogens (primary N) is 1. The number of aromatic nitrogens is 7. The number of carbonyl (C=O) groups excluding carboxylic acids is 1. The van der Waals surface area contributed by atoms with Gasteiger partial charge in [-0.05, 0) is 45.0 Å². The van der Waals surface area contributed by atoms with Gasteiger partial charge in [0.1, 0.15) is 11.2 Å². The molecule has 15 heteroatoms. The minimum Gasteiger partial charge on any atom is -0.452 e. The van der Waals surface area contributed by atoms with Crippen LogP contribution in [0.15, 0.2) is 47.5 Å². The first kappa shape index (κ1) is 26.5. The quantitative estimate of drug-likeness (QED) is 0.296. The molecule has 4 heterocycles. The van der Waals surface area contributed by atoms with Gasteiger partial charge in [-0.3, -0.25) is 14.3 Å². The van der Waals surface area contributed by atoms with Crippen molar-refractivity contribution in [3.05, 3.63) is 76.0 Å². The number of H-pyrrole nitrogens is 1. The minimum atomic E-state index is -5.08. The Morgan fingerprint density at radius 1 is 1.10 bits per heavy atom. The van der Waals surface area contributed by atoms with Gasteiger partial charge in [-0.15, -0.1) is 0 Å². The van der Waals surface area contributed by atoms with Crippen LogP contribution in [0.5, 0.6) is 11.5 Å². The molecule has 0 unspecified atom stereocenters. The molecule has 0 spiro atoms. The fraction of sp³-hybridized carbons (Fsp3) is 0.200. The van der Waals surface area contributed by atoms with E-state index in [0.29, 0.717) is 15.9 Å². The van der Waals surface area contributed by atoms with E-state index in [1.165, 1.54) is 42.1 Å². The molecule has 0 saturated carbocycles. The topological polar surface area (TPSA) is 147 Å². The Hall–Kier alpha value is -5.08. The zero-order valence-electron chi connectivity index (χ0n) is 21.1. The number of primary amides is 1. The van der Waals surface area contributed by atoms with Crippen molar-refractivity contribution < 1.29 is 27.1 Å². The average Bonchev–Trinajstić information content (AvgIpc) is 3.44. The van der Waals surface area contributed by atoms with Crippen LogP contribution in [-0.2, 0) is 6.18 Å². The van der Waals surface area contributed by atoms with Crippen LogP contribution in [0.2, 0.25) is 0 Å². The first-order valence-electron chi connectivity index (χ1n) is 11.7. The SMILES string of the molecule is Cc1ccnc(-n2nc(-c3ccc(Oc4ccnc5[nH]c(=O)n(C(C)C)c45)c(F)c3)c(C(N)=O)c2C(F)(F)F)n1. The minimum absolute atomic E-state index is 0.113. The summed E-state index contributed by atoms with van der Waals surface area (Å²) in [5, 5.41) is 3.92. The van der Waals surface area contributed by atoms with Crippen LogP contribution in [0.3, 0.4) is 0 Å². The number of rotatable bonds is 6. The zero-order chi connectivity index (χ0) is 28.9. The second-order valence-electron chi connectivity index (χ2n) is 8.99. The number of imidazole rings is 1. The molecule has 0 bridgehead atoms. The number of benzene rings is 1. The summed E-state index contributed by atoms with van der Waals surface area (Å²) >= 11 is 0. The monoisotopic (exact) mass is 556 g/mol. The number of alkyl halides is 3. The average molecular weight is 556 g/mol. The van der Waals surface area contributed by atoms with Crippen molar-refractivity contribution in [2.75, 3.05) is 0 Å². The molecule has 0 atom stereocenters. The lowest BCUT2D eigenvalue weighted by Crippen LogP contribution is -2.22. The van der Waals surface area contributed by atoms with Gasteiger partial charge in [-0.2, -0.15) is 23.0 Å². The predicted octanol–water partition coefficient (Wildman–Crippen LogP) is 4.31. The Bertz CT molecular complexity index is 1840. The van der Waals surface area contributed by atoms with E-state index in [2.05, 4.69) is 25.0 Å². The number of halogens is 4. The summed E-state index contributed by atoms with van der Waals surface area (Å²) in [5.74, 6) is -3.06. The van der Waals surface area contributed by atoms with Crippen LogP contribution in [0.1, 0.15) is 41.6 Å². The lowest BCUT2D eigenvalue weighted by Gasteiger charge is -2.12. The van der Waals surface area contributed by atoms with Gasteiger partial charge in [0, 0.05) is 35.8 Å². The van der Waals surface area contributed by atoms with E-state index in [1.807, 2.05) is 0 Å². The van der Waals surface area contributed by atoms with Crippen LogP contribution in [0.25, 0.3) is 28.4 Å². The fourth-order valence-electron chi connectivity index (χ4n) is 4.25. The van der Waals surface area contributed by atoms with Crippen molar-refractivity contribution >= 4 is 17.1 Å². The van der Waals surface area contributed by atoms with Gasteiger partial charge in [0.25, 0.3) is 11.9 Å². The first-order chi connectivity index (χ1) is 18.9. The lowest BCUT2D eigenvalue weighted by molar-refractivity contribution is -0.143. The first-order valence-corrected chi connectivity index (χ1v) is 11.7. The van der Waals surface area contributed by atoms with E-state index in [0.717, 1.165) is 12.1 Å². The molecule has 0 radical (unpaired) electrons. The number of pyridine rings is 1. The van der Waals surface area contributed by atoms with Crippen molar-refractivity contribution in [2.45, 2.75) is 33.0 Å². The summed E-state index contributed by atoms with van der Waals surface area (Å²) in [6.45, 7) is 5.08. The van der Waals surface area contributed by atoms with Gasteiger partial charge in [0.05, 0.1) is 5.56 Å². The Morgan fingerprint density at radius 2 is 1.82 bits per heavy atom. The fourth-order valence-corrected chi connectivity index (χ4v) is 4.25. The maximum absolute atomic E-state index is 15.3. The Kier molecular flexibility index (Phi) is 6.36. The molecule has 0 aliphatic rings. The normalized spacial score (nSPS) is 11.9. The van der Waals surface area contributed by atoms with Crippen LogP contribution in [0, 0.1) is 12.7 Å². The zero-order valence-corrected chi connectivity index (χ0v) is 21.1. The Labute approximate surface area is 222 Å². The van der Waals surface area contributed by atoms with Crippen LogP contribution in [0.4, 0.5) is 17.6 Å². The highest BCUT2D eigenvalue weighted by Gasteiger charge is 2.43. The third kappa shape index (κ3) is 4.54. The molecule has 206 valence electrons. The highest BCUT2D eigenvalue weighted by atomic mass is 19.4. The summed E-state index contributed by atoms with van der Waals surface area (Å²) in [7, 11) is 0. The summed E-state index contributed by atoms with van der Waals surface area (Å²) in [4.78, 5) is 39.1. The second kappa shape index (κ2) is 9.59. The van der Waals surface area contributed by atoms with Crippen molar-refractivity contribution in [1.29, 1.82) is 0 Å².